The Bertz CT molecular complexity index is 173. The number of amides is 1. The van der Waals surface area contributed by atoms with Crippen molar-refractivity contribution in [3.63, 3.8) is 0 Å². The van der Waals surface area contributed by atoms with E-state index in [0.717, 1.165) is 13.0 Å². The number of carbonyl (C=O) groups excluding carboxylic acids is 1. The molecule has 0 aromatic carbocycles. The molecule has 1 heterocycles. The Morgan fingerprint density at radius 3 is 1.92 bits per heavy atom. The predicted molar refractivity (Wildman–Crippen MR) is 56.6 cm³/mol. The number of hydrogen-bond donors (Lipinski definition) is 0. The van der Waals surface area contributed by atoms with Gasteiger partial charge in [-0.05, 0) is 20.3 Å². The molecule has 1 amide bonds. The quantitative estimate of drug-likeness (QED) is 0.615. The predicted octanol–water partition coefficient (Wildman–Crippen LogP) is 2.68. The zero-order chi connectivity index (χ0) is 10.6. The molecule has 1 fully saturated rings. The first kappa shape index (κ1) is 12.5. The average Bonchev–Trinajstić information content (AvgIpc) is 2.32. The summed E-state index contributed by atoms with van der Waals surface area (Å²) in [6.07, 6.45) is 1.00. The van der Waals surface area contributed by atoms with Crippen LogP contribution in [0.1, 0.15) is 48.0 Å². The monoisotopic (exact) mass is 185 g/mol. The van der Waals surface area contributed by atoms with Crippen LogP contribution in [0.2, 0.25) is 0 Å². The fourth-order valence-electron chi connectivity index (χ4n) is 1.49. The van der Waals surface area contributed by atoms with Crippen molar-refractivity contribution in [2.75, 3.05) is 6.54 Å². The van der Waals surface area contributed by atoms with Crippen LogP contribution in [0.3, 0.4) is 0 Å². The van der Waals surface area contributed by atoms with Gasteiger partial charge in [-0.2, -0.15) is 0 Å². The highest BCUT2D eigenvalue weighted by molar-refractivity contribution is 5.84. The molecule has 2 nitrogen and oxygen atoms in total. The van der Waals surface area contributed by atoms with Gasteiger partial charge in [0.05, 0.1) is 0 Å². The molecule has 0 aromatic rings. The van der Waals surface area contributed by atoms with Gasteiger partial charge in [0.15, 0.2) is 0 Å². The Morgan fingerprint density at radius 1 is 1.31 bits per heavy atom. The van der Waals surface area contributed by atoms with E-state index in [1.807, 2.05) is 32.6 Å². The van der Waals surface area contributed by atoms with Crippen LogP contribution in [0, 0.1) is 5.41 Å². The third kappa shape index (κ3) is 2.71. The molecule has 1 rings (SSSR count). The summed E-state index contributed by atoms with van der Waals surface area (Å²) in [6.45, 7) is 13.1. The second kappa shape index (κ2) is 4.64. The second-order valence-corrected chi connectivity index (χ2v) is 4.23. The molecule has 0 atom stereocenters. The van der Waals surface area contributed by atoms with Crippen LogP contribution < -0.4 is 0 Å². The highest BCUT2D eigenvalue weighted by Crippen LogP contribution is 2.31. The van der Waals surface area contributed by atoms with Crippen LogP contribution in [0.25, 0.3) is 0 Å². The van der Waals surface area contributed by atoms with E-state index in [2.05, 4.69) is 13.8 Å². The molecule has 13 heavy (non-hydrogen) atoms. The van der Waals surface area contributed by atoms with Gasteiger partial charge in [-0.15, -0.1) is 0 Å². The van der Waals surface area contributed by atoms with Crippen molar-refractivity contribution in [2.24, 2.45) is 5.41 Å². The molecule has 0 N–H and O–H groups in total. The van der Waals surface area contributed by atoms with Gasteiger partial charge in [-0.3, -0.25) is 4.79 Å². The Labute approximate surface area is 82.3 Å². The summed E-state index contributed by atoms with van der Waals surface area (Å²) in [5.74, 6) is 0.313. The van der Waals surface area contributed by atoms with Crippen molar-refractivity contribution in [3.05, 3.63) is 0 Å². The molecular weight excluding hydrogens is 162 g/mol. The van der Waals surface area contributed by atoms with Gasteiger partial charge in [0.25, 0.3) is 0 Å². The van der Waals surface area contributed by atoms with Crippen LogP contribution >= 0.6 is 0 Å². The summed E-state index contributed by atoms with van der Waals surface area (Å²) in [5.41, 5.74) is -0.107. The zero-order valence-corrected chi connectivity index (χ0v) is 9.85. The Balaban J connectivity index is 0.000000671. The normalized spacial score (nSPS) is 20.2. The molecule has 0 aromatic heterocycles. The fraction of sp³-hybridized carbons (Fsp3) is 0.909. The lowest BCUT2D eigenvalue weighted by atomic mass is 9.92. The van der Waals surface area contributed by atoms with Crippen LogP contribution in [0.4, 0.5) is 0 Å². The fourth-order valence-corrected chi connectivity index (χ4v) is 1.49. The smallest absolute Gasteiger partial charge is 0.228 e. The topological polar surface area (TPSA) is 20.3 Å². The highest BCUT2D eigenvalue weighted by Gasteiger charge is 2.39. The van der Waals surface area contributed by atoms with Gasteiger partial charge in [-0.1, -0.05) is 27.7 Å². The van der Waals surface area contributed by atoms with E-state index < -0.39 is 0 Å². The van der Waals surface area contributed by atoms with Gasteiger partial charge in [-0.25, -0.2) is 0 Å². The van der Waals surface area contributed by atoms with Gasteiger partial charge < -0.3 is 4.90 Å². The van der Waals surface area contributed by atoms with Crippen molar-refractivity contribution in [1.82, 2.24) is 4.90 Å². The van der Waals surface area contributed by atoms with E-state index in [0.29, 0.717) is 11.9 Å². The van der Waals surface area contributed by atoms with Gasteiger partial charge in [0.2, 0.25) is 5.91 Å². The van der Waals surface area contributed by atoms with E-state index >= 15 is 0 Å². The lowest BCUT2D eigenvalue weighted by Gasteiger charge is -2.22. The minimum atomic E-state index is -0.107. The third-order valence-corrected chi connectivity index (χ3v) is 2.44. The first-order valence-corrected chi connectivity index (χ1v) is 5.26. The Morgan fingerprint density at radius 2 is 1.77 bits per heavy atom. The average molecular weight is 185 g/mol. The SMILES string of the molecule is CC.CC(C)N1CCC(C)(C)C1=O. The zero-order valence-electron chi connectivity index (χ0n) is 9.85. The molecule has 1 saturated heterocycles. The number of likely N-dealkylation sites (tertiary alicyclic amines) is 1. The number of nitrogens with zero attached hydrogens (tertiary/aromatic N) is 1. The first-order valence-electron chi connectivity index (χ1n) is 5.26. The molecule has 0 unspecified atom stereocenters. The minimum Gasteiger partial charge on any atom is -0.340 e. The largest absolute Gasteiger partial charge is 0.340 e. The van der Waals surface area contributed by atoms with Crippen LogP contribution in [0.5, 0.6) is 0 Å². The summed E-state index contributed by atoms with van der Waals surface area (Å²) in [5, 5.41) is 0. The molecule has 0 saturated carbocycles. The maximum atomic E-state index is 11.6. The van der Waals surface area contributed by atoms with Crippen molar-refractivity contribution in [1.29, 1.82) is 0 Å². The van der Waals surface area contributed by atoms with Gasteiger partial charge >= 0.3 is 0 Å². The molecule has 0 radical (unpaired) electrons. The first-order chi connectivity index (χ1) is 5.95. The number of hydrogen-bond acceptors (Lipinski definition) is 1. The molecule has 1 aliphatic heterocycles. The van der Waals surface area contributed by atoms with E-state index in [1.54, 1.807) is 0 Å². The van der Waals surface area contributed by atoms with Gasteiger partial charge in [0.1, 0.15) is 0 Å². The molecule has 78 valence electrons. The molecule has 0 aliphatic carbocycles. The maximum absolute atomic E-state index is 11.6. The summed E-state index contributed by atoms with van der Waals surface area (Å²) in [4.78, 5) is 13.6. The molecule has 1 aliphatic rings. The summed E-state index contributed by atoms with van der Waals surface area (Å²) in [6, 6.07) is 0.365. The standard InChI is InChI=1S/C9H17NO.C2H6/c1-7(2)10-6-5-9(3,4)8(10)11;1-2/h7H,5-6H2,1-4H3;1-2H3. The molecule has 0 bridgehead atoms. The van der Waals surface area contributed by atoms with Crippen molar-refractivity contribution >= 4 is 5.91 Å². The summed E-state index contributed by atoms with van der Waals surface area (Å²) in [7, 11) is 0. The van der Waals surface area contributed by atoms with Crippen LogP contribution in [-0.4, -0.2) is 23.4 Å². The van der Waals surface area contributed by atoms with E-state index in [9.17, 15) is 4.79 Å². The van der Waals surface area contributed by atoms with Crippen molar-refractivity contribution in [2.45, 2.75) is 54.0 Å². The maximum Gasteiger partial charge on any atom is 0.228 e. The lowest BCUT2D eigenvalue weighted by Crippen LogP contribution is -2.35. The minimum absolute atomic E-state index is 0.107. The highest BCUT2D eigenvalue weighted by atomic mass is 16.2. The van der Waals surface area contributed by atoms with Gasteiger partial charge in [0, 0.05) is 18.0 Å². The number of rotatable bonds is 1. The summed E-state index contributed by atoms with van der Waals surface area (Å²) >= 11 is 0. The molecule has 2 heteroatoms. The molecular formula is C11H23NO. The van der Waals surface area contributed by atoms with Crippen LogP contribution in [0.15, 0.2) is 0 Å². The Hall–Kier alpha value is -0.530. The number of carbonyl (C=O) groups is 1. The summed E-state index contributed by atoms with van der Waals surface area (Å²) < 4.78 is 0. The third-order valence-electron chi connectivity index (χ3n) is 2.44. The second-order valence-electron chi connectivity index (χ2n) is 4.23. The Kier molecular flexibility index (Phi) is 4.45. The van der Waals surface area contributed by atoms with Crippen LogP contribution in [-0.2, 0) is 4.79 Å². The van der Waals surface area contributed by atoms with E-state index in [4.69, 9.17) is 0 Å². The van der Waals surface area contributed by atoms with E-state index in [-0.39, 0.29) is 5.41 Å². The van der Waals surface area contributed by atoms with E-state index in [1.165, 1.54) is 0 Å². The van der Waals surface area contributed by atoms with Crippen molar-refractivity contribution in [3.8, 4) is 0 Å². The lowest BCUT2D eigenvalue weighted by molar-refractivity contribution is -0.135. The van der Waals surface area contributed by atoms with Crippen molar-refractivity contribution < 1.29 is 4.79 Å². The molecule has 0 spiro atoms.